The fraction of sp³-hybridized carbons (Fsp3) is 0.250. The molecule has 0 fully saturated rings. The van der Waals surface area contributed by atoms with Crippen LogP contribution in [0.1, 0.15) is 44.7 Å². The van der Waals surface area contributed by atoms with E-state index in [1.54, 1.807) is 7.11 Å². The van der Waals surface area contributed by atoms with Crippen molar-refractivity contribution in [3.63, 3.8) is 0 Å². The summed E-state index contributed by atoms with van der Waals surface area (Å²) < 4.78 is 13.5. The molecule has 1 atom stereocenters. The molecule has 7 heteroatoms. The minimum absolute atomic E-state index is 0.0887. The Labute approximate surface area is 227 Å². The van der Waals surface area contributed by atoms with Crippen molar-refractivity contribution < 1.29 is 19.4 Å². The van der Waals surface area contributed by atoms with Gasteiger partial charge in [-0.05, 0) is 16.7 Å². The van der Waals surface area contributed by atoms with Crippen LogP contribution in [0.5, 0.6) is 5.75 Å². The van der Waals surface area contributed by atoms with Crippen molar-refractivity contribution in [1.29, 1.82) is 0 Å². The number of benzene rings is 3. The highest BCUT2D eigenvalue weighted by molar-refractivity contribution is 5.87. The number of pyridine rings is 1. The van der Waals surface area contributed by atoms with E-state index in [1.165, 1.54) is 6.20 Å². The van der Waals surface area contributed by atoms with Gasteiger partial charge in [-0.2, -0.15) is 0 Å². The van der Waals surface area contributed by atoms with Gasteiger partial charge in [0.2, 0.25) is 5.43 Å². The van der Waals surface area contributed by atoms with E-state index >= 15 is 0 Å². The number of carbonyl (C=O) groups is 1. The first-order chi connectivity index (χ1) is 19.1. The molecule has 1 N–H and O–H groups in total. The SMILES string of the molecule is COCCN1Cc2c(OCc3ccccc3)c(=O)c(C(=O)O)cn2[C@@H](C(c2ccccc2)c2ccccc2)C1. The molecule has 39 heavy (non-hydrogen) atoms. The maximum atomic E-state index is 13.5. The normalized spacial score (nSPS) is 15.2. The fourth-order valence-electron chi connectivity index (χ4n) is 5.37. The third-order valence-electron chi connectivity index (χ3n) is 7.24. The van der Waals surface area contributed by atoms with Crippen LogP contribution in [0.15, 0.2) is 102 Å². The molecule has 0 spiro atoms. The summed E-state index contributed by atoms with van der Waals surface area (Å²) in [6, 6.07) is 29.8. The molecule has 1 aliphatic heterocycles. The van der Waals surface area contributed by atoms with Crippen molar-refractivity contribution in [1.82, 2.24) is 9.47 Å². The van der Waals surface area contributed by atoms with E-state index in [1.807, 2.05) is 71.3 Å². The maximum absolute atomic E-state index is 13.5. The molecule has 1 aliphatic rings. The van der Waals surface area contributed by atoms with Crippen molar-refractivity contribution in [3.05, 3.63) is 135 Å². The van der Waals surface area contributed by atoms with Crippen LogP contribution in [0.4, 0.5) is 0 Å². The van der Waals surface area contributed by atoms with E-state index in [9.17, 15) is 14.7 Å². The topological polar surface area (TPSA) is 81.0 Å². The number of aromatic carboxylic acids is 1. The number of hydrogen-bond acceptors (Lipinski definition) is 5. The average Bonchev–Trinajstić information content (AvgIpc) is 2.97. The first kappa shape index (κ1) is 26.4. The number of rotatable bonds is 10. The molecule has 200 valence electrons. The summed E-state index contributed by atoms with van der Waals surface area (Å²) in [5, 5.41) is 10.0. The van der Waals surface area contributed by atoms with Crippen molar-refractivity contribution in [2.75, 3.05) is 26.8 Å². The second kappa shape index (κ2) is 12.1. The summed E-state index contributed by atoms with van der Waals surface area (Å²) in [4.78, 5) is 28.0. The molecule has 0 bridgehead atoms. The lowest BCUT2D eigenvalue weighted by Crippen LogP contribution is -2.43. The Balaban J connectivity index is 1.68. The predicted octanol–water partition coefficient (Wildman–Crippen LogP) is 4.96. The summed E-state index contributed by atoms with van der Waals surface area (Å²) in [5.74, 6) is -1.27. The Bertz CT molecular complexity index is 1420. The zero-order chi connectivity index (χ0) is 27.2. The Kier molecular flexibility index (Phi) is 8.20. The minimum Gasteiger partial charge on any atom is -0.483 e. The summed E-state index contributed by atoms with van der Waals surface area (Å²) in [7, 11) is 1.67. The van der Waals surface area contributed by atoms with Crippen molar-refractivity contribution >= 4 is 5.97 Å². The third-order valence-corrected chi connectivity index (χ3v) is 7.24. The van der Waals surface area contributed by atoms with Gasteiger partial charge >= 0.3 is 5.97 Å². The molecule has 0 saturated carbocycles. The zero-order valence-electron chi connectivity index (χ0n) is 21.9. The van der Waals surface area contributed by atoms with E-state index in [0.717, 1.165) is 16.7 Å². The third kappa shape index (κ3) is 5.79. The standard InChI is InChI=1S/C32H32N2O5/c1-38-18-17-33-20-27(29(24-13-7-3-8-14-24)25-15-9-4-10-16-25)34-19-26(32(36)37)30(35)31(28(34)21-33)39-22-23-11-5-2-6-12-23/h2-16,19,27,29H,17-18,20-22H2,1H3,(H,36,37)/t27-/m1/s1. The molecule has 1 aromatic heterocycles. The lowest BCUT2D eigenvalue weighted by Gasteiger charge is -2.41. The molecule has 3 aromatic carbocycles. The second-order valence-corrected chi connectivity index (χ2v) is 9.73. The number of carboxylic acids is 1. The molecule has 4 aromatic rings. The Hall–Kier alpha value is -4.20. The van der Waals surface area contributed by atoms with Gasteiger partial charge in [-0.15, -0.1) is 0 Å². The van der Waals surface area contributed by atoms with Crippen LogP contribution in [0.2, 0.25) is 0 Å². The first-order valence-corrected chi connectivity index (χ1v) is 13.1. The molecule has 0 amide bonds. The lowest BCUT2D eigenvalue weighted by atomic mass is 9.83. The number of carboxylic acid groups (broad SMARTS) is 1. The maximum Gasteiger partial charge on any atom is 0.341 e. The number of hydrogen-bond donors (Lipinski definition) is 1. The highest BCUT2D eigenvalue weighted by Gasteiger charge is 2.36. The summed E-state index contributed by atoms with van der Waals surface area (Å²) >= 11 is 0. The van der Waals surface area contributed by atoms with E-state index in [0.29, 0.717) is 31.9 Å². The minimum atomic E-state index is -1.27. The predicted molar refractivity (Wildman–Crippen MR) is 149 cm³/mol. The van der Waals surface area contributed by atoms with Gasteiger partial charge in [0, 0.05) is 38.9 Å². The largest absolute Gasteiger partial charge is 0.483 e. The van der Waals surface area contributed by atoms with Gasteiger partial charge < -0.3 is 19.1 Å². The summed E-state index contributed by atoms with van der Waals surface area (Å²) in [6.07, 6.45) is 1.51. The first-order valence-electron chi connectivity index (χ1n) is 13.1. The highest BCUT2D eigenvalue weighted by Crippen LogP contribution is 2.40. The van der Waals surface area contributed by atoms with Gasteiger partial charge in [0.15, 0.2) is 5.75 Å². The van der Waals surface area contributed by atoms with E-state index in [-0.39, 0.29) is 29.9 Å². The van der Waals surface area contributed by atoms with Gasteiger partial charge in [0.1, 0.15) is 12.2 Å². The van der Waals surface area contributed by atoms with Crippen LogP contribution in [0.3, 0.4) is 0 Å². The molecule has 2 heterocycles. The fourth-order valence-corrected chi connectivity index (χ4v) is 5.37. The smallest absolute Gasteiger partial charge is 0.341 e. The molecular formula is C32H32N2O5. The molecule has 5 rings (SSSR count). The molecule has 0 saturated heterocycles. The average molecular weight is 525 g/mol. The number of aromatic nitrogens is 1. The number of ether oxygens (including phenoxy) is 2. The number of methoxy groups -OCH3 is 1. The molecule has 7 nitrogen and oxygen atoms in total. The van der Waals surface area contributed by atoms with Crippen LogP contribution in [-0.4, -0.2) is 47.3 Å². The Morgan fingerprint density at radius 1 is 0.949 bits per heavy atom. The zero-order valence-corrected chi connectivity index (χ0v) is 21.9. The quantitative estimate of drug-likeness (QED) is 0.316. The number of fused-ring (bicyclic) bond motifs is 1. The van der Waals surface area contributed by atoms with Crippen molar-refractivity contribution in [2.45, 2.75) is 25.1 Å². The van der Waals surface area contributed by atoms with Gasteiger partial charge in [0.25, 0.3) is 0 Å². The lowest BCUT2D eigenvalue weighted by molar-refractivity contribution is 0.0691. The van der Waals surface area contributed by atoms with E-state index in [2.05, 4.69) is 29.2 Å². The molecule has 0 aliphatic carbocycles. The van der Waals surface area contributed by atoms with Gasteiger partial charge in [0.05, 0.1) is 18.3 Å². The highest BCUT2D eigenvalue weighted by atomic mass is 16.5. The van der Waals surface area contributed by atoms with Crippen molar-refractivity contribution in [3.8, 4) is 5.75 Å². The van der Waals surface area contributed by atoms with Crippen LogP contribution < -0.4 is 10.2 Å². The summed E-state index contributed by atoms with van der Waals surface area (Å²) in [5.41, 5.74) is 2.88. The van der Waals surface area contributed by atoms with Crippen LogP contribution in [0, 0.1) is 0 Å². The van der Waals surface area contributed by atoms with E-state index in [4.69, 9.17) is 9.47 Å². The van der Waals surface area contributed by atoms with Crippen LogP contribution in [0.25, 0.3) is 0 Å². The van der Waals surface area contributed by atoms with Gasteiger partial charge in [-0.3, -0.25) is 9.69 Å². The number of nitrogens with zero attached hydrogens (tertiary/aromatic N) is 2. The van der Waals surface area contributed by atoms with Crippen LogP contribution in [-0.2, 0) is 17.9 Å². The van der Waals surface area contributed by atoms with E-state index < -0.39 is 11.4 Å². The van der Waals surface area contributed by atoms with Gasteiger partial charge in [-0.25, -0.2) is 4.79 Å². The van der Waals surface area contributed by atoms with Gasteiger partial charge in [-0.1, -0.05) is 91.0 Å². The molecule has 0 radical (unpaired) electrons. The summed E-state index contributed by atoms with van der Waals surface area (Å²) in [6.45, 7) is 2.44. The van der Waals surface area contributed by atoms with Crippen molar-refractivity contribution in [2.24, 2.45) is 0 Å². The van der Waals surface area contributed by atoms with Crippen LogP contribution >= 0.6 is 0 Å². The Morgan fingerprint density at radius 3 is 2.10 bits per heavy atom. The Morgan fingerprint density at radius 2 is 1.54 bits per heavy atom. The second-order valence-electron chi connectivity index (χ2n) is 9.73. The monoisotopic (exact) mass is 524 g/mol. The molecule has 0 unspecified atom stereocenters. The molecular weight excluding hydrogens is 492 g/mol.